The molecule has 3 rings (SSSR count). The average molecular weight is 443 g/mol. The molecule has 32 heavy (non-hydrogen) atoms. The van der Waals surface area contributed by atoms with Crippen LogP contribution in [0.25, 0.3) is 11.4 Å². The van der Waals surface area contributed by atoms with Crippen LogP contribution in [-0.2, 0) is 9.57 Å². The molecule has 2 atom stereocenters. The van der Waals surface area contributed by atoms with Crippen LogP contribution in [0, 0.1) is 11.3 Å². The van der Waals surface area contributed by atoms with E-state index >= 15 is 0 Å². The summed E-state index contributed by atoms with van der Waals surface area (Å²) in [5.41, 5.74) is 7.87. The van der Waals surface area contributed by atoms with Crippen LogP contribution < -0.4 is 16.0 Å². The van der Waals surface area contributed by atoms with Gasteiger partial charge in [0.15, 0.2) is 5.82 Å². The second-order valence-electron chi connectivity index (χ2n) is 7.87. The van der Waals surface area contributed by atoms with Crippen LogP contribution in [-0.4, -0.2) is 63.7 Å². The van der Waals surface area contributed by atoms with Gasteiger partial charge in [0, 0.05) is 12.0 Å². The number of nitriles is 1. The topological polar surface area (TPSA) is 173 Å². The summed E-state index contributed by atoms with van der Waals surface area (Å²) in [5, 5.41) is 28.4. The van der Waals surface area contributed by atoms with Crippen LogP contribution in [0.1, 0.15) is 36.2 Å². The third-order valence-electron chi connectivity index (χ3n) is 4.56. The zero-order valence-electron chi connectivity index (χ0n) is 17.7. The molecule has 1 fully saturated rings. The zero-order chi connectivity index (χ0) is 23.3. The standard InChI is InChI=1S/C21H25N5O6/c1-21(2,29)11-31-26-19(28)16-17(23)24-18(13-5-3-4-12(8-13)9-22)25-20(16)32-14-6-7-30-15(14)10-27/h3-5,8,14-15,27,29H,6-7,10-11H2,1-2H3,(H,26,28)(H2,23,24,25)/t14-,15+/m0/s1. The number of nitrogens with one attached hydrogen (secondary N) is 1. The predicted molar refractivity (Wildman–Crippen MR) is 112 cm³/mol. The van der Waals surface area contributed by atoms with Crippen LogP contribution in [0.3, 0.4) is 0 Å². The highest BCUT2D eigenvalue weighted by atomic mass is 16.7. The molecular weight excluding hydrogens is 418 g/mol. The van der Waals surface area contributed by atoms with Crippen molar-refractivity contribution in [2.75, 3.05) is 25.6 Å². The van der Waals surface area contributed by atoms with Crippen LogP contribution in [0.4, 0.5) is 5.82 Å². The summed E-state index contributed by atoms with van der Waals surface area (Å²) >= 11 is 0. The predicted octanol–water partition coefficient (Wildman–Crippen LogP) is 0.558. The van der Waals surface area contributed by atoms with Gasteiger partial charge in [-0.05, 0) is 26.0 Å². The van der Waals surface area contributed by atoms with Crippen LogP contribution >= 0.6 is 0 Å². The monoisotopic (exact) mass is 443 g/mol. The molecule has 0 spiro atoms. The van der Waals surface area contributed by atoms with Crippen molar-refractivity contribution in [2.24, 2.45) is 0 Å². The number of nitrogens with zero attached hydrogens (tertiary/aromatic N) is 3. The molecule has 0 radical (unpaired) electrons. The number of anilines is 1. The molecule has 2 aromatic rings. The van der Waals surface area contributed by atoms with Crippen LogP contribution in [0.5, 0.6) is 5.88 Å². The van der Waals surface area contributed by atoms with Crippen LogP contribution in [0.15, 0.2) is 24.3 Å². The molecule has 1 aliphatic heterocycles. The Kier molecular flexibility index (Phi) is 7.22. The van der Waals surface area contributed by atoms with Crippen molar-refractivity contribution in [3.63, 3.8) is 0 Å². The Balaban J connectivity index is 1.97. The van der Waals surface area contributed by atoms with Gasteiger partial charge in [-0.25, -0.2) is 10.5 Å². The lowest BCUT2D eigenvalue weighted by Crippen LogP contribution is -2.35. The number of ether oxygens (including phenoxy) is 2. The largest absolute Gasteiger partial charge is 0.471 e. The van der Waals surface area contributed by atoms with Gasteiger partial charge in [0.1, 0.15) is 30.2 Å². The third-order valence-corrected chi connectivity index (χ3v) is 4.56. The number of carbonyl (C=O) groups is 1. The van der Waals surface area contributed by atoms with Crippen molar-refractivity contribution < 1.29 is 29.3 Å². The number of aromatic nitrogens is 2. The second-order valence-corrected chi connectivity index (χ2v) is 7.87. The lowest BCUT2D eigenvalue weighted by atomic mass is 10.1. The van der Waals surface area contributed by atoms with E-state index in [-0.39, 0.29) is 36.3 Å². The smallest absolute Gasteiger partial charge is 0.284 e. The Hall–Kier alpha value is -3.30. The molecule has 0 saturated carbocycles. The highest BCUT2D eigenvalue weighted by Gasteiger charge is 2.32. The van der Waals surface area contributed by atoms with Gasteiger partial charge >= 0.3 is 0 Å². The fourth-order valence-electron chi connectivity index (χ4n) is 3.02. The van der Waals surface area contributed by atoms with Crippen molar-refractivity contribution in [1.29, 1.82) is 5.26 Å². The molecule has 0 unspecified atom stereocenters. The van der Waals surface area contributed by atoms with E-state index in [1.54, 1.807) is 24.3 Å². The fourth-order valence-corrected chi connectivity index (χ4v) is 3.02. The van der Waals surface area contributed by atoms with Crippen molar-refractivity contribution in [3.05, 3.63) is 35.4 Å². The third kappa shape index (κ3) is 5.68. The molecule has 1 aromatic heterocycles. The van der Waals surface area contributed by atoms with E-state index in [4.69, 9.17) is 25.3 Å². The first kappa shape index (κ1) is 23.4. The summed E-state index contributed by atoms with van der Waals surface area (Å²) in [4.78, 5) is 26.4. The maximum atomic E-state index is 12.8. The summed E-state index contributed by atoms with van der Waals surface area (Å²) in [6.07, 6.45) is -0.666. The van der Waals surface area contributed by atoms with Crippen molar-refractivity contribution >= 4 is 11.7 Å². The molecule has 0 bridgehead atoms. The van der Waals surface area contributed by atoms with E-state index in [0.29, 0.717) is 24.2 Å². The number of aliphatic hydroxyl groups is 2. The number of hydrogen-bond donors (Lipinski definition) is 4. The second kappa shape index (κ2) is 9.88. The summed E-state index contributed by atoms with van der Waals surface area (Å²) in [6.45, 7) is 2.98. The molecule has 0 aliphatic carbocycles. The minimum atomic E-state index is -1.17. The number of rotatable bonds is 8. The van der Waals surface area contributed by atoms with Gasteiger partial charge in [-0.1, -0.05) is 12.1 Å². The Morgan fingerprint density at radius 2 is 2.22 bits per heavy atom. The molecule has 1 saturated heterocycles. The fraction of sp³-hybridized carbons (Fsp3) is 0.429. The molecular formula is C21H25N5O6. The molecule has 2 heterocycles. The van der Waals surface area contributed by atoms with Gasteiger partial charge < -0.3 is 25.4 Å². The number of benzene rings is 1. The van der Waals surface area contributed by atoms with Gasteiger partial charge in [-0.3, -0.25) is 9.63 Å². The number of nitrogen functional groups attached to an aromatic ring is 1. The molecule has 5 N–H and O–H groups in total. The minimum Gasteiger partial charge on any atom is -0.471 e. The van der Waals surface area contributed by atoms with Gasteiger partial charge in [0.25, 0.3) is 5.91 Å². The Morgan fingerprint density at radius 3 is 2.91 bits per heavy atom. The number of aliphatic hydroxyl groups excluding tert-OH is 1. The highest BCUT2D eigenvalue weighted by molar-refractivity contribution is 6.00. The number of carbonyl (C=O) groups excluding carboxylic acids is 1. The Bertz CT molecular complexity index is 1020. The summed E-state index contributed by atoms with van der Waals surface area (Å²) in [7, 11) is 0. The summed E-state index contributed by atoms with van der Waals surface area (Å²) < 4.78 is 11.4. The van der Waals surface area contributed by atoms with E-state index < -0.39 is 23.7 Å². The van der Waals surface area contributed by atoms with E-state index in [1.165, 1.54) is 13.8 Å². The van der Waals surface area contributed by atoms with E-state index in [9.17, 15) is 15.0 Å². The van der Waals surface area contributed by atoms with Gasteiger partial charge in [-0.2, -0.15) is 10.2 Å². The molecule has 1 aromatic carbocycles. The number of hydrogen-bond acceptors (Lipinski definition) is 10. The maximum Gasteiger partial charge on any atom is 0.284 e. The molecule has 170 valence electrons. The molecule has 11 heteroatoms. The van der Waals surface area contributed by atoms with E-state index in [0.717, 1.165) is 0 Å². The first-order valence-corrected chi connectivity index (χ1v) is 9.93. The first-order chi connectivity index (χ1) is 15.2. The zero-order valence-corrected chi connectivity index (χ0v) is 17.7. The first-order valence-electron chi connectivity index (χ1n) is 9.93. The average Bonchev–Trinajstić information content (AvgIpc) is 3.19. The quantitative estimate of drug-likeness (QED) is 0.422. The normalized spacial score (nSPS) is 18.2. The number of hydroxylamine groups is 1. The van der Waals surface area contributed by atoms with Crippen LogP contribution in [0.2, 0.25) is 0 Å². The van der Waals surface area contributed by atoms with E-state index in [1.807, 2.05) is 6.07 Å². The molecule has 11 nitrogen and oxygen atoms in total. The SMILES string of the molecule is CC(C)(O)CONC(=O)c1c(N)nc(-c2cccc(C#N)c2)nc1O[C@H]1CCO[C@@H]1CO. The number of nitrogens with two attached hydrogens (primary N) is 1. The van der Waals surface area contributed by atoms with Gasteiger partial charge in [0.2, 0.25) is 5.88 Å². The van der Waals surface area contributed by atoms with Gasteiger partial charge in [-0.15, -0.1) is 0 Å². The lowest BCUT2D eigenvalue weighted by molar-refractivity contribution is -0.0523. The van der Waals surface area contributed by atoms with Gasteiger partial charge in [0.05, 0.1) is 30.4 Å². The minimum absolute atomic E-state index is 0.117. The number of amides is 1. The molecule has 1 aliphatic rings. The molecule has 1 amide bonds. The Labute approximate surface area is 184 Å². The maximum absolute atomic E-state index is 12.8. The summed E-state index contributed by atoms with van der Waals surface area (Å²) in [6, 6.07) is 8.62. The lowest BCUT2D eigenvalue weighted by Gasteiger charge is -2.21. The van der Waals surface area contributed by atoms with Crippen molar-refractivity contribution in [1.82, 2.24) is 15.4 Å². The Morgan fingerprint density at radius 1 is 1.44 bits per heavy atom. The van der Waals surface area contributed by atoms with Crippen molar-refractivity contribution in [3.8, 4) is 23.3 Å². The van der Waals surface area contributed by atoms with E-state index in [2.05, 4.69) is 15.4 Å². The van der Waals surface area contributed by atoms with Crippen molar-refractivity contribution in [2.45, 2.75) is 38.1 Å². The summed E-state index contributed by atoms with van der Waals surface area (Å²) in [5.74, 6) is -0.897. The highest BCUT2D eigenvalue weighted by Crippen LogP contribution is 2.29.